The zero-order valence-corrected chi connectivity index (χ0v) is 15.8. The topological polar surface area (TPSA) is 18.5 Å². The molecule has 0 aliphatic rings. The summed E-state index contributed by atoms with van der Waals surface area (Å²) in [6.07, 6.45) is 0. The lowest BCUT2D eigenvalue weighted by molar-refractivity contribution is 0.583. The lowest BCUT2D eigenvalue weighted by Gasteiger charge is -2.19. The summed E-state index contributed by atoms with van der Waals surface area (Å²) < 4.78 is 11.1. The standard InChI is InChI=1S/C5H15OSi2.C4H12OSi2/c1-7(2)6-8(3,4)5;1-6(2)5-7(3)4/h1-5H3;1-4H3. The molecular weight excluding hydrogens is 252 g/mol. The minimum Gasteiger partial charge on any atom is -0.456 e. The number of rotatable bonds is 4. The quantitative estimate of drug-likeness (QED) is 0.732. The maximum absolute atomic E-state index is 5.68. The van der Waals surface area contributed by atoms with Crippen LogP contribution in [-0.2, 0) is 8.23 Å². The molecule has 15 heavy (non-hydrogen) atoms. The van der Waals surface area contributed by atoms with Crippen LogP contribution in [0.5, 0.6) is 0 Å². The molecule has 0 unspecified atom stereocenters. The van der Waals surface area contributed by atoms with E-state index in [-0.39, 0.29) is 18.1 Å². The molecule has 3 radical (unpaired) electrons. The van der Waals surface area contributed by atoms with Crippen molar-refractivity contribution in [3.63, 3.8) is 0 Å². The predicted octanol–water partition coefficient (Wildman–Crippen LogP) is 3.59. The predicted molar refractivity (Wildman–Crippen MR) is 78.0 cm³/mol. The molecule has 0 aliphatic heterocycles. The summed E-state index contributed by atoms with van der Waals surface area (Å²) in [5.41, 5.74) is 0. The van der Waals surface area contributed by atoms with Gasteiger partial charge in [-0.1, -0.05) is 0 Å². The molecule has 0 saturated carbocycles. The van der Waals surface area contributed by atoms with Gasteiger partial charge in [0.05, 0.1) is 0 Å². The van der Waals surface area contributed by atoms with Gasteiger partial charge < -0.3 is 8.23 Å². The fourth-order valence-corrected chi connectivity index (χ4v) is 9.19. The molecule has 0 fully saturated rings. The highest BCUT2D eigenvalue weighted by Gasteiger charge is 2.15. The van der Waals surface area contributed by atoms with E-state index in [2.05, 4.69) is 58.9 Å². The van der Waals surface area contributed by atoms with Gasteiger partial charge in [0.15, 0.2) is 35.4 Å². The van der Waals surface area contributed by atoms with E-state index < -0.39 is 17.4 Å². The highest BCUT2D eigenvalue weighted by molar-refractivity contribution is 6.76. The highest BCUT2D eigenvalue weighted by atomic mass is 28.4. The van der Waals surface area contributed by atoms with Gasteiger partial charge in [-0.25, -0.2) is 0 Å². The Kier molecular flexibility index (Phi) is 10.8. The molecule has 0 aromatic rings. The van der Waals surface area contributed by atoms with Gasteiger partial charge in [0, 0.05) is 0 Å². The lowest BCUT2D eigenvalue weighted by Crippen LogP contribution is -2.31. The minimum atomic E-state index is -1.18. The van der Waals surface area contributed by atoms with Crippen molar-refractivity contribution in [2.45, 2.75) is 58.9 Å². The van der Waals surface area contributed by atoms with Gasteiger partial charge in [0.2, 0.25) is 0 Å². The van der Waals surface area contributed by atoms with E-state index in [0.717, 1.165) is 0 Å². The number of hydrogen-bond acceptors (Lipinski definition) is 2. The summed E-state index contributed by atoms with van der Waals surface area (Å²) >= 11 is 0. The number of hydrogen-bond donors (Lipinski definition) is 0. The van der Waals surface area contributed by atoms with Gasteiger partial charge in [0.1, 0.15) is 0 Å². The zero-order valence-electron chi connectivity index (χ0n) is 11.8. The third-order valence-electron chi connectivity index (χ3n) is 0.919. The third-order valence-corrected chi connectivity index (χ3v) is 8.27. The van der Waals surface area contributed by atoms with Crippen molar-refractivity contribution < 1.29 is 8.23 Å². The van der Waals surface area contributed by atoms with Crippen LogP contribution in [0, 0.1) is 0 Å². The fraction of sp³-hybridized carbons (Fsp3) is 1.00. The molecule has 2 nitrogen and oxygen atoms in total. The molecule has 0 amide bonds. The van der Waals surface area contributed by atoms with Gasteiger partial charge >= 0.3 is 0 Å². The normalized spacial score (nSPS) is 12.0. The monoisotopic (exact) mass is 279 g/mol. The van der Waals surface area contributed by atoms with Gasteiger partial charge in [-0.15, -0.1) is 0 Å². The van der Waals surface area contributed by atoms with E-state index in [0.29, 0.717) is 0 Å². The summed E-state index contributed by atoms with van der Waals surface area (Å²) in [5, 5.41) is 0. The molecule has 0 rings (SSSR count). The van der Waals surface area contributed by atoms with Crippen LogP contribution < -0.4 is 0 Å². The molecule has 6 heteroatoms. The molecule has 0 spiro atoms. The van der Waals surface area contributed by atoms with Crippen LogP contribution in [-0.4, -0.2) is 35.4 Å². The van der Waals surface area contributed by atoms with Crippen LogP contribution in [0.3, 0.4) is 0 Å². The molecule has 0 bridgehead atoms. The van der Waals surface area contributed by atoms with E-state index in [1.54, 1.807) is 0 Å². The Bertz CT molecular complexity index is 138. The van der Waals surface area contributed by atoms with Gasteiger partial charge in [-0.3, -0.25) is 0 Å². The first-order valence-electron chi connectivity index (χ1n) is 5.32. The highest BCUT2D eigenvalue weighted by Crippen LogP contribution is 2.03. The van der Waals surface area contributed by atoms with Crippen molar-refractivity contribution in [2.75, 3.05) is 0 Å². The Morgan fingerprint density at radius 3 is 1.00 bits per heavy atom. The zero-order chi connectivity index (χ0) is 12.6. The van der Waals surface area contributed by atoms with Crippen molar-refractivity contribution in [1.29, 1.82) is 0 Å². The Balaban J connectivity index is 0. The Labute approximate surface area is 103 Å². The van der Waals surface area contributed by atoms with Gasteiger partial charge in [-0.2, -0.15) is 0 Å². The van der Waals surface area contributed by atoms with Crippen LogP contribution in [0.4, 0.5) is 0 Å². The lowest BCUT2D eigenvalue weighted by atomic mass is 11.8. The smallest absolute Gasteiger partial charge is 0.191 e. The molecule has 0 aromatic carbocycles. The Morgan fingerprint density at radius 1 is 0.667 bits per heavy atom. The van der Waals surface area contributed by atoms with Crippen LogP contribution >= 0.6 is 0 Å². The van der Waals surface area contributed by atoms with E-state index in [9.17, 15) is 0 Å². The maximum Gasteiger partial charge on any atom is 0.191 e. The second-order valence-corrected chi connectivity index (χ2v) is 16.3. The van der Waals surface area contributed by atoms with E-state index in [4.69, 9.17) is 8.23 Å². The summed E-state index contributed by atoms with van der Waals surface area (Å²) in [5.74, 6) is 0. The molecular formula is C9H27O2Si4. The van der Waals surface area contributed by atoms with Crippen LogP contribution in [0.1, 0.15) is 0 Å². The fourth-order valence-electron chi connectivity index (χ4n) is 1.02. The second-order valence-electron chi connectivity index (χ2n) is 5.04. The average molecular weight is 280 g/mol. The summed E-state index contributed by atoms with van der Waals surface area (Å²) in [6.45, 7) is 19.7. The summed E-state index contributed by atoms with van der Waals surface area (Å²) in [7, 11) is -2.38. The third kappa shape index (κ3) is 25.2. The SMILES string of the molecule is C[Si](C)O[Si](C)(C)C.C[Si](C)O[Si](C)C. The van der Waals surface area contributed by atoms with Crippen molar-refractivity contribution in [2.24, 2.45) is 0 Å². The van der Waals surface area contributed by atoms with E-state index in [1.807, 2.05) is 0 Å². The Hall–Kier alpha value is 0.788. The second kappa shape index (κ2) is 8.88. The van der Waals surface area contributed by atoms with Crippen LogP contribution in [0.25, 0.3) is 0 Å². The summed E-state index contributed by atoms with van der Waals surface area (Å²) in [6, 6.07) is 0. The van der Waals surface area contributed by atoms with Gasteiger partial charge in [0.25, 0.3) is 0 Å². The van der Waals surface area contributed by atoms with Crippen LogP contribution in [0.2, 0.25) is 58.9 Å². The molecule has 0 atom stereocenters. The first-order chi connectivity index (χ1) is 6.54. The average Bonchev–Trinajstić information content (AvgIpc) is 1.76. The Morgan fingerprint density at radius 2 is 1.00 bits per heavy atom. The van der Waals surface area contributed by atoms with E-state index >= 15 is 0 Å². The molecule has 0 saturated heterocycles. The molecule has 0 aromatic heterocycles. The summed E-state index contributed by atoms with van der Waals surface area (Å²) in [4.78, 5) is 0. The largest absolute Gasteiger partial charge is 0.456 e. The first-order valence-corrected chi connectivity index (χ1v) is 15.9. The van der Waals surface area contributed by atoms with Crippen LogP contribution in [0.15, 0.2) is 0 Å². The van der Waals surface area contributed by atoms with Crippen molar-refractivity contribution in [1.82, 2.24) is 0 Å². The maximum atomic E-state index is 5.68. The van der Waals surface area contributed by atoms with Gasteiger partial charge in [-0.05, 0) is 58.9 Å². The van der Waals surface area contributed by atoms with E-state index in [1.165, 1.54) is 0 Å². The first kappa shape index (κ1) is 18.2. The minimum absolute atomic E-state index is 0.389. The molecule has 0 heterocycles. The molecule has 91 valence electrons. The van der Waals surface area contributed by atoms with Crippen molar-refractivity contribution in [3.8, 4) is 0 Å². The van der Waals surface area contributed by atoms with Crippen molar-refractivity contribution in [3.05, 3.63) is 0 Å². The van der Waals surface area contributed by atoms with Crippen molar-refractivity contribution >= 4 is 35.4 Å². The molecule has 0 aliphatic carbocycles. The molecule has 0 N–H and O–H groups in total.